The second kappa shape index (κ2) is 8.35. The first-order valence-electron chi connectivity index (χ1n) is 8.66. The molecule has 0 fully saturated rings. The van der Waals surface area contributed by atoms with Crippen LogP contribution in [0.2, 0.25) is 0 Å². The van der Waals surface area contributed by atoms with Crippen molar-refractivity contribution >= 4 is 17.6 Å². The van der Waals surface area contributed by atoms with Crippen LogP contribution in [0.15, 0.2) is 83.5 Å². The molecule has 0 spiro atoms. The molecule has 1 atom stereocenters. The molecule has 3 N–H and O–H groups in total. The molecule has 28 heavy (non-hydrogen) atoms. The summed E-state index contributed by atoms with van der Waals surface area (Å²) in [6.45, 7) is 5.25. The van der Waals surface area contributed by atoms with Gasteiger partial charge in [-0.05, 0) is 43.5 Å². The second-order valence-electron chi connectivity index (χ2n) is 6.10. The number of hydrogen-bond donors (Lipinski definition) is 3. The highest BCUT2D eigenvalue weighted by Gasteiger charge is 2.21. The van der Waals surface area contributed by atoms with E-state index in [1.54, 1.807) is 43.5 Å². The predicted molar refractivity (Wildman–Crippen MR) is 109 cm³/mol. The lowest BCUT2D eigenvalue weighted by Gasteiger charge is -2.22. The van der Waals surface area contributed by atoms with Crippen LogP contribution in [0.4, 0.5) is 4.39 Å². The summed E-state index contributed by atoms with van der Waals surface area (Å²) in [5.74, 6) is -0.355. The SMILES string of the molecule is C=N/C(NC(c1ccc(F)cc1)c1ccc2cccnc2c1O)=C(O)\C=C/C. The van der Waals surface area contributed by atoms with Crippen LogP contribution in [0.3, 0.4) is 0 Å². The molecule has 1 unspecified atom stereocenters. The summed E-state index contributed by atoms with van der Waals surface area (Å²) in [6, 6.07) is 12.5. The summed E-state index contributed by atoms with van der Waals surface area (Å²) in [5, 5.41) is 24.9. The number of fused-ring (bicyclic) bond motifs is 1. The van der Waals surface area contributed by atoms with Crippen molar-refractivity contribution in [1.82, 2.24) is 10.3 Å². The van der Waals surface area contributed by atoms with Crippen molar-refractivity contribution in [2.75, 3.05) is 0 Å². The van der Waals surface area contributed by atoms with Crippen LogP contribution in [0.25, 0.3) is 10.9 Å². The van der Waals surface area contributed by atoms with Gasteiger partial charge in [0, 0.05) is 17.1 Å². The molecular weight excluding hydrogens is 357 g/mol. The molecule has 0 aliphatic carbocycles. The Morgan fingerprint density at radius 1 is 1.21 bits per heavy atom. The molecule has 3 aromatic rings. The zero-order valence-electron chi connectivity index (χ0n) is 15.3. The first-order valence-corrected chi connectivity index (χ1v) is 8.66. The van der Waals surface area contributed by atoms with Crippen LogP contribution < -0.4 is 5.32 Å². The van der Waals surface area contributed by atoms with E-state index in [9.17, 15) is 14.6 Å². The topological polar surface area (TPSA) is 77.7 Å². The molecule has 1 aromatic heterocycles. The number of rotatable bonds is 6. The van der Waals surface area contributed by atoms with E-state index in [1.165, 1.54) is 18.2 Å². The minimum Gasteiger partial charge on any atom is -0.505 e. The number of aromatic hydroxyl groups is 1. The van der Waals surface area contributed by atoms with Gasteiger partial charge >= 0.3 is 0 Å². The highest BCUT2D eigenvalue weighted by Crippen LogP contribution is 2.35. The molecule has 142 valence electrons. The molecule has 0 saturated heterocycles. The van der Waals surface area contributed by atoms with Gasteiger partial charge in [0.2, 0.25) is 0 Å². The molecule has 6 heteroatoms. The van der Waals surface area contributed by atoms with Crippen molar-refractivity contribution in [2.24, 2.45) is 4.99 Å². The Hall–Kier alpha value is -3.67. The summed E-state index contributed by atoms with van der Waals surface area (Å²) >= 11 is 0. The Kier molecular flexibility index (Phi) is 5.69. The van der Waals surface area contributed by atoms with Gasteiger partial charge in [-0.15, -0.1) is 0 Å². The summed E-state index contributed by atoms with van der Waals surface area (Å²) in [5.41, 5.74) is 1.62. The number of nitrogens with zero attached hydrogens (tertiary/aromatic N) is 2. The lowest BCUT2D eigenvalue weighted by Crippen LogP contribution is -2.22. The molecule has 0 aliphatic rings. The zero-order chi connectivity index (χ0) is 20.1. The van der Waals surface area contributed by atoms with E-state index >= 15 is 0 Å². The largest absolute Gasteiger partial charge is 0.505 e. The number of aliphatic hydroxyl groups is 1. The molecule has 2 aromatic carbocycles. The van der Waals surface area contributed by atoms with Gasteiger partial charge < -0.3 is 15.5 Å². The fourth-order valence-corrected chi connectivity index (χ4v) is 2.95. The number of aromatic nitrogens is 1. The number of aliphatic hydroxyl groups excluding tert-OH is 1. The van der Waals surface area contributed by atoms with E-state index in [-0.39, 0.29) is 23.1 Å². The Labute approximate surface area is 162 Å². The van der Waals surface area contributed by atoms with Crippen LogP contribution in [0.1, 0.15) is 24.1 Å². The molecule has 0 aliphatic heterocycles. The average Bonchev–Trinajstić information content (AvgIpc) is 2.71. The van der Waals surface area contributed by atoms with Crippen LogP contribution in [-0.2, 0) is 0 Å². The number of phenols is 1. The number of phenolic OH excluding ortho intramolecular Hbond substituents is 1. The van der Waals surface area contributed by atoms with Gasteiger partial charge in [-0.2, -0.15) is 0 Å². The van der Waals surface area contributed by atoms with Crippen LogP contribution in [0, 0.1) is 5.82 Å². The van der Waals surface area contributed by atoms with Crippen molar-refractivity contribution < 1.29 is 14.6 Å². The fourth-order valence-electron chi connectivity index (χ4n) is 2.95. The number of hydrogen-bond acceptors (Lipinski definition) is 5. The first kappa shape index (κ1) is 19.1. The maximum Gasteiger partial charge on any atom is 0.168 e. The number of nitrogens with one attached hydrogen (secondary N) is 1. The van der Waals surface area contributed by atoms with Gasteiger partial charge in [-0.1, -0.05) is 36.4 Å². The van der Waals surface area contributed by atoms with Crippen LogP contribution in [0.5, 0.6) is 5.75 Å². The Balaban J connectivity index is 2.16. The van der Waals surface area contributed by atoms with Gasteiger partial charge in [0.1, 0.15) is 17.1 Å². The number of halogens is 1. The van der Waals surface area contributed by atoms with Crippen molar-refractivity contribution in [2.45, 2.75) is 13.0 Å². The van der Waals surface area contributed by atoms with Gasteiger partial charge in [0.05, 0.1) is 6.04 Å². The normalized spacial score (nSPS) is 13.4. The van der Waals surface area contributed by atoms with Crippen molar-refractivity contribution in [3.63, 3.8) is 0 Å². The van der Waals surface area contributed by atoms with E-state index in [0.29, 0.717) is 16.6 Å². The summed E-state index contributed by atoms with van der Waals surface area (Å²) in [4.78, 5) is 8.10. The molecule has 1 heterocycles. The quantitative estimate of drug-likeness (QED) is 0.329. The number of benzene rings is 2. The summed E-state index contributed by atoms with van der Waals surface area (Å²) in [7, 11) is 0. The van der Waals surface area contributed by atoms with E-state index in [2.05, 4.69) is 22.0 Å². The molecule has 0 bridgehead atoms. The van der Waals surface area contributed by atoms with E-state index in [1.807, 2.05) is 12.1 Å². The number of pyridine rings is 1. The van der Waals surface area contributed by atoms with Crippen LogP contribution in [-0.4, -0.2) is 21.9 Å². The van der Waals surface area contributed by atoms with Crippen molar-refractivity contribution in [1.29, 1.82) is 0 Å². The lowest BCUT2D eigenvalue weighted by molar-refractivity contribution is 0.413. The number of aliphatic imine (C=N–C) groups is 1. The molecule has 3 rings (SSSR count). The van der Waals surface area contributed by atoms with Crippen LogP contribution >= 0.6 is 0 Å². The lowest BCUT2D eigenvalue weighted by atomic mass is 9.96. The third-order valence-corrected chi connectivity index (χ3v) is 4.30. The smallest absolute Gasteiger partial charge is 0.168 e. The molecule has 0 saturated carbocycles. The Morgan fingerprint density at radius 2 is 1.96 bits per heavy atom. The van der Waals surface area contributed by atoms with Gasteiger partial charge in [-0.3, -0.25) is 4.98 Å². The maximum absolute atomic E-state index is 13.4. The summed E-state index contributed by atoms with van der Waals surface area (Å²) in [6.07, 6.45) is 4.73. The molecule has 5 nitrogen and oxygen atoms in total. The highest BCUT2D eigenvalue weighted by molar-refractivity contribution is 5.85. The second-order valence-corrected chi connectivity index (χ2v) is 6.10. The predicted octanol–water partition coefficient (Wildman–Crippen LogP) is 4.76. The Morgan fingerprint density at radius 3 is 2.64 bits per heavy atom. The summed E-state index contributed by atoms with van der Waals surface area (Å²) < 4.78 is 13.4. The zero-order valence-corrected chi connectivity index (χ0v) is 15.3. The number of allylic oxidation sites excluding steroid dienone is 2. The first-order chi connectivity index (χ1) is 13.5. The molecule has 0 amide bonds. The monoisotopic (exact) mass is 377 g/mol. The highest BCUT2D eigenvalue weighted by atomic mass is 19.1. The minimum absolute atomic E-state index is 0.00568. The average molecular weight is 377 g/mol. The van der Waals surface area contributed by atoms with Gasteiger partial charge in [-0.25, -0.2) is 9.38 Å². The van der Waals surface area contributed by atoms with E-state index in [4.69, 9.17) is 0 Å². The third kappa shape index (κ3) is 3.86. The Bertz CT molecular complexity index is 1060. The van der Waals surface area contributed by atoms with E-state index < -0.39 is 6.04 Å². The maximum atomic E-state index is 13.4. The fraction of sp³-hybridized carbons (Fsp3) is 0.0909. The van der Waals surface area contributed by atoms with Gasteiger partial charge in [0.15, 0.2) is 11.6 Å². The van der Waals surface area contributed by atoms with E-state index in [0.717, 1.165) is 5.39 Å². The molecule has 0 radical (unpaired) electrons. The molecular formula is C22H20FN3O2. The third-order valence-electron chi connectivity index (χ3n) is 4.30. The standard InChI is InChI=1S/C22H20FN3O2/c1-3-5-18(27)22(24-2)26-19(15-7-10-16(23)11-8-15)17-12-9-14-6-4-13-25-20(14)21(17)28/h3-13,19,26-28H,2H2,1H3/b5-3-,22-18-. The minimum atomic E-state index is -0.625. The van der Waals surface area contributed by atoms with Crippen molar-refractivity contribution in [3.05, 3.63) is 95.4 Å². The van der Waals surface area contributed by atoms with Crippen molar-refractivity contribution in [3.8, 4) is 5.75 Å². The van der Waals surface area contributed by atoms with Gasteiger partial charge in [0.25, 0.3) is 0 Å².